The number of alkyl halides is 3. The van der Waals surface area contributed by atoms with Gasteiger partial charge in [-0.2, -0.15) is 25.9 Å². The second-order valence-electron chi connectivity index (χ2n) is 10.9. The molecule has 2 N–H and O–H groups in total. The number of amides is 1. The average Bonchev–Trinajstić information content (AvgIpc) is 3.73. The maximum Gasteiger partial charge on any atom is 0.490 e. The first-order valence-corrected chi connectivity index (χ1v) is 15.7. The third-order valence-electron chi connectivity index (χ3n) is 7.47. The summed E-state index contributed by atoms with van der Waals surface area (Å²) in [5.41, 5.74) is 1.31. The highest BCUT2D eigenvalue weighted by atomic mass is 35.5. The standard InChI is InChI=1S/C26H30ClF2N3O4S.C2HF3O2/c27-23-11-20(28)7-6-19(23)15-31-8-1-3-17(14-31)16-36-25-13-24(29)22(12-21(25)18-4-5-18)26(33)30-37(34,35)32-9-2-10-32;3-2(4,5)1(6)7/h6-7,11-13,17-18H,1-5,8-10,14-16H2,(H,30,33);(H,6,7)/t17-;/m0./s1. The third-order valence-corrected chi connectivity index (χ3v) is 9.31. The number of carboxylic acid groups (broad SMARTS) is 1. The molecule has 2 saturated heterocycles. The van der Waals surface area contributed by atoms with Crippen molar-refractivity contribution in [2.45, 2.75) is 50.7 Å². The second kappa shape index (κ2) is 14.0. The topological polar surface area (TPSA) is 116 Å². The van der Waals surface area contributed by atoms with Crippen LogP contribution in [0.3, 0.4) is 0 Å². The number of carboxylic acids is 1. The molecule has 2 aromatic rings. The minimum Gasteiger partial charge on any atom is -0.493 e. The molecule has 0 unspecified atom stereocenters. The molecule has 0 spiro atoms. The molecule has 1 saturated carbocycles. The maximum atomic E-state index is 15.0. The Labute approximate surface area is 256 Å². The Kier molecular flexibility index (Phi) is 10.7. The molecule has 2 heterocycles. The van der Waals surface area contributed by atoms with Crippen molar-refractivity contribution in [1.82, 2.24) is 13.9 Å². The fraction of sp³-hybridized carbons (Fsp3) is 0.500. The molecule has 5 rings (SSSR count). The number of carbonyl (C=O) groups is 2. The van der Waals surface area contributed by atoms with Crippen LogP contribution in [-0.4, -0.2) is 73.6 Å². The van der Waals surface area contributed by atoms with Crippen molar-refractivity contribution in [1.29, 1.82) is 0 Å². The molecule has 44 heavy (non-hydrogen) atoms. The molecule has 2 aliphatic heterocycles. The van der Waals surface area contributed by atoms with Crippen molar-refractivity contribution in [3.63, 3.8) is 0 Å². The average molecular weight is 668 g/mol. The zero-order valence-corrected chi connectivity index (χ0v) is 25.0. The molecule has 1 amide bonds. The summed E-state index contributed by atoms with van der Waals surface area (Å²) in [5, 5.41) is 7.53. The second-order valence-corrected chi connectivity index (χ2v) is 13.0. The predicted octanol–water partition coefficient (Wildman–Crippen LogP) is 5.10. The minimum atomic E-state index is -5.08. The number of nitrogens with one attached hydrogen (secondary N) is 1. The van der Waals surface area contributed by atoms with Crippen LogP contribution in [0.15, 0.2) is 30.3 Å². The number of aliphatic carboxylic acids is 1. The van der Waals surface area contributed by atoms with E-state index < -0.39 is 34.1 Å². The largest absolute Gasteiger partial charge is 0.493 e. The molecule has 0 bridgehead atoms. The van der Waals surface area contributed by atoms with E-state index in [9.17, 15) is 35.2 Å². The molecule has 1 atom stereocenters. The third kappa shape index (κ3) is 9.02. The zero-order valence-electron chi connectivity index (χ0n) is 23.4. The van der Waals surface area contributed by atoms with Crippen LogP contribution < -0.4 is 9.46 Å². The van der Waals surface area contributed by atoms with E-state index in [4.69, 9.17) is 26.2 Å². The molecule has 0 aromatic heterocycles. The van der Waals surface area contributed by atoms with Crippen LogP contribution in [0.4, 0.5) is 22.0 Å². The number of piperidine rings is 1. The first kappa shape index (κ1) is 33.9. The summed E-state index contributed by atoms with van der Waals surface area (Å²) in [7, 11) is -3.97. The van der Waals surface area contributed by atoms with E-state index in [1.807, 2.05) is 4.72 Å². The highest BCUT2D eigenvalue weighted by molar-refractivity contribution is 7.87. The van der Waals surface area contributed by atoms with Crippen molar-refractivity contribution in [3.8, 4) is 5.75 Å². The van der Waals surface area contributed by atoms with E-state index in [1.165, 1.54) is 24.3 Å². The highest BCUT2D eigenvalue weighted by Crippen LogP contribution is 2.45. The quantitative estimate of drug-likeness (QED) is 0.358. The lowest BCUT2D eigenvalue weighted by atomic mass is 9.98. The number of likely N-dealkylation sites (tertiary alicyclic amines) is 1. The van der Waals surface area contributed by atoms with E-state index in [0.29, 0.717) is 37.0 Å². The smallest absolute Gasteiger partial charge is 0.490 e. The van der Waals surface area contributed by atoms with E-state index in [1.54, 1.807) is 6.07 Å². The van der Waals surface area contributed by atoms with E-state index in [2.05, 4.69) is 4.90 Å². The van der Waals surface area contributed by atoms with Crippen LogP contribution in [0, 0.1) is 17.6 Å². The Hall–Kier alpha value is -3.01. The van der Waals surface area contributed by atoms with Gasteiger partial charge in [0.05, 0.1) is 12.2 Å². The van der Waals surface area contributed by atoms with E-state index >= 15 is 0 Å². The molecule has 16 heteroatoms. The van der Waals surface area contributed by atoms with Gasteiger partial charge in [0.1, 0.15) is 17.4 Å². The lowest BCUT2D eigenvalue weighted by Crippen LogP contribution is -2.49. The summed E-state index contributed by atoms with van der Waals surface area (Å²) >= 11 is 6.20. The first-order chi connectivity index (χ1) is 20.6. The zero-order chi connectivity index (χ0) is 32.2. The van der Waals surface area contributed by atoms with Crippen molar-refractivity contribution in [2.24, 2.45) is 5.92 Å². The van der Waals surface area contributed by atoms with Crippen LogP contribution in [0.25, 0.3) is 0 Å². The van der Waals surface area contributed by atoms with Crippen LogP contribution in [0.2, 0.25) is 5.02 Å². The van der Waals surface area contributed by atoms with Crippen LogP contribution in [0.1, 0.15) is 59.5 Å². The molecule has 242 valence electrons. The van der Waals surface area contributed by atoms with Gasteiger partial charge in [0.25, 0.3) is 5.91 Å². The number of halogens is 6. The van der Waals surface area contributed by atoms with Gasteiger partial charge in [-0.05, 0) is 73.9 Å². The molecule has 2 aromatic carbocycles. The van der Waals surface area contributed by atoms with Crippen molar-refractivity contribution in [3.05, 3.63) is 63.7 Å². The fourth-order valence-corrected chi connectivity index (χ4v) is 6.32. The summed E-state index contributed by atoms with van der Waals surface area (Å²) in [6.07, 6.45) is -0.597. The number of nitrogens with zero attached hydrogens (tertiary/aromatic N) is 2. The highest BCUT2D eigenvalue weighted by Gasteiger charge is 2.38. The number of hydrogen-bond donors (Lipinski definition) is 2. The molecule has 9 nitrogen and oxygen atoms in total. The van der Waals surface area contributed by atoms with Gasteiger partial charge < -0.3 is 9.84 Å². The van der Waals surface area contributed by atoms with Crippen LogP contribution in [-0.2, 0) is 21.5 Å². The van der Waals surface area contributed by atoms with Gasteiger partial charge in [-0.25, -0.2) is 18.3 Å². The maximum absolute atomic E-state index is 15.0. The van der Waals surface area contributed by atoms with Crippen LogP contribution in [0.5, 0.6) is 5.75 Å². The molecule has 3 fully saturated rings. The first-order valence-electron chi connectivity index (χ1n) is 13.9. The monoisotopic (exact) mass is 667 g/mol. The lowest BCUT2D eigenvalue weighted by molar-refractivity contribution is -0.192. The fourth-order valence-electron chi connectivity index (χ4n) is 4.88. The number of hydrogen-bond acceptors (Lipinski definition) is 6. The van der Waals surface area contributed by atoms with E-state index in [0.717, 1.165) is 60.6 Å². The number of benzene rings is 2. The normalized spacial score (nSPS) is 19.4. The van der Waals surface area contributed by atoms with Gasteiger partial charge in [0, 0.05) is 43.2 Å². The lowest BCUT2D eigenvalue weighted by Gasteiger charge is -2.33. The van der Waals surface area contributed by atoms with Gasteiger partial charge in [-0.1, -0.05) is 17.7 Å². The Morgan fingerprint density at radius 1 is 1.05 bits per heavy atom. The van der Waals surface area contributed by atoms with Crippen molar-refractivity contribution in [2.75, 3.05) is 32.8 Å². The van der Waals surface area contributed by atoms with Gasteiger partial charge in [-0.15, -0.1) is 0 Å². The van der Waals surface area contributed by atoms with Gasteiger partial charge in [0.15, 0.2) is 0 Å². The molecule has 1 aliphatic carbocycles. The van der Waals surface area contributed by atoms with Gasteiger partial charge in [-0.3, -0.25) is 9.69 Å². The summed E-state index contributed by atoms with van der Waals surface area (Å²) in [5.74, 6) is -4.12. The van der Waals surface area contributed by atoms with Gasteiger partial charge in [0.2, 0.25) is 0 Å². The summed E-state index contributed by atoms with van der Waals surface area (Å²) in [6.45, 7) is 3.37. The summed E-state index contributed by atoms with van der Waals surface area (Å²) in [4.78, 5) is 23.8. The molecular weight excluding hydrogens is 637 g/mol. The number of ether oxygens (including phenoxy) is 1. The minimum absolute atomic E-state index is 0.164. The molecular formula is C28H31ClF5N3O6S. The summed E-state index contributed by atoms with van der Waals surface area (Å²) < 4.78 is 93.9. The molecule has 0 radical (unpaired) electrons. The Morgan fingerprint density at radius 3 is 2.30 bits per heavy atom. The van der Waals surface area contributed by atoms with Gasteiger partial charge >= 0.3 is 22.4 Å². The van der Waals surface area contributed by atoms with E-state index in [-0.39, 0.29) is 23.2 Å². The summed E-state index contributed by atoms with van der Waals surface area (Å²) in [6, 6.07) is 7.07. The predicted molar refractivity (Wildman–Crippen MR) is 150 cm³/mol. The Bertz CT molecular complexity index is 1480. The number of carbonyl (C=O) groups excluding carboxylic acids is 1. The van der Waals surface area contributed by atoms with Crippen molar-refractivity contribution >= 4 is 33.7 Å². The molecule has 3 aliphatic rings. The number of rotatable bonds is 9. The Morgan fingerprint density at radius 2 is 1.73 bits per heavy atom. The van der Waals surface area contributed by atoms with Crippen molar-refractivity contribution < 1.29 is 49.8 Å². The van der Waals surface area contributed by atoms with Crippen LogP contribution >= 0.6 is 11.6 Å². The SMILES string of the molecule is O=C(NS(=O)(=O)N1CCC1)c1cc(C2CC2)c(OC[C@H]2CCCN(Cc3ccc(F)cc3Cl)C2)cc1F.O=C(O)C(F)(F)F. The Balaban J connectivity index is 0.000000566.